The Balaban J connectivity index is 0. The fourth-order valence-corrected chi connectivity index (χ4v) is 2.86. The summed E-state index contributed by atoms with van der Waals surface area (Å²) in [5.41, 5.74) is 7.76. The smallest absolute Gasteiger partial charge is 1.00 e. The first-order valence-corrected chi connectivity index (χ1v) is 8.40. The van der Waals surface area contributed by atoms with Gasteiger partial charge in [-0.25, -0.2) is 0 Å². The zero-order chi connectivity index (χ0) is 16.7. The normalized spacial score (nSPS) is 9.38. The first-order chi connectivity index (χ1) is 11.1. The quantitative estimate of drug-likeness (QED) is 0.321. The van der Waals surface area contributed by atoms with Crippen LogP contribution in [0.1, 0.15) is 22.3 Å². The van der Waals surface area contributed by atoms with Gasteiger partial charge in [0.15, 0.2) is 0 Å². The number of rotatable bonds is 8. The van der Waals surface area contributed by atoms with Crippen molar-refractivity contribution in [2.45, 2.75) is 27.7 Å². The topological polar surface area (TPSA) is 36.1 Å². The molecule has 0 saturated carbocycles. The molecule has 1 radical (unpaired) electrons. The maximum absolute atomic E-state index is 3.53. The van der Waals surface area contributed by atoms with E-state index in [1.807, 2.05) is 0 Å². The summed E-state index contributed by atoms with van der Waals surface area (Å²) in [6.45, 7) is 12.4. The molecule has 0 spiro atoms. The van der Waals surface area contributed by atoms with Crippen molar-refractivity contribution < 1.29 is 44.9 Å². The van der Waals surface area contributed by atoms with Crippen molar-refractivity contribution in [3.63, 3.8) is 0 Å². The molecule has 3 nitrogen and oxygen atoms in total. The SMILES string of the molecule is Cc1cccc(C)c1NCCNCCNc1c(C)cccc1C.[Cl-].[Cl-].[Ir+2]. The Hall–Kier alpha value is -0.771. The van der Waals surface area contributed by atoms with Crippen LogP contribution in [-0.4, -0.2) is 26.2 Å². The van der Waals surface area contributed by atoms with Crippen molar-refractivity contribution in [1.82, 2.24) is 5.32 Å². The molecular formula is C20H29Cl2IrN3. The summed E-state index contributed by atoms with van der Waals surface area (Å²) < 4.78 is 0. The van der Waals surface area contributed by atoms with E-state index in [1.165, 1.54) is 33.6 Å². The van der Waals surface area contributed by atoms with Crippen LogP contribution in [0.5, 0.6) is 0 Å². The van der Waals surface area contributed by atoms with Crippen LogP contribution in [-0.2, 0) is 20.1 Å². The Bertz CT molecular complexity index is 555. The van der Waals surface area contributed by atoms with Crippen LogP contribution in [0, 0.1) is 27.7 Å². The van der Waals surface area contributed by atoms with E-state index in [2.05, 4.69) is 80.0 Å². The van der Waals surface area contributed by atoms with Gasteiger partial charge >= 0.3 is 20.1 Å². The number of para-hydroxylation sites is 2. The number of hydrogen-bond acceptors (Lipinski definition) is 3. The molecule has 0 unspecified atom stereocenters. The molecule has 2 aromatic carbocycles. The largest absolute Gasteiger partial charge is 2.00 e. The first-order valence-electron chi connectivity index (χ1n) is 8.40. The number of aryl methyl sites for hydroxylation is 4. The van der Waals surface area contributed by atoms with E-state index in [1.54, 1.807) is 0 Å². The zero-order valence-corrected chi connectivity index (χ0v) is 19.8. The molecule has 0 heterocycles. The maximum atomic E-state index is 3.53. The van der Waals surface area contributed by atoms with Crippen LogP contribution < -0.4 is 40.8 Å². The number of benzene rings is 2. The molecule has 0 fully saturated rings. The summed E-state index contributed by atoms with van der Waals surface area (Å²) in [5, 5.41) is 10.5. The van der Waals surface area contributed by atoms with Gasteiger partial charge in [-0.1, -0.05) is 36.4 Å². The molecule has 147 valence electrons. The molecule has 0 atom stereocenters. The van der Waals surface area contributed by atoms with Crippen molar-refractivity contribution in [3.05, 3.63) is 58.7 Å². The van der Waals surface area contributed by atoms with E-state index in [9.17, 15) is 0 Å². The van der Waals surface area contributed by atoms with Crippen LogP contribution in [0.25, 0.3) is 0 Å². The van der Waals surface area contributed by atoms with Crippen molar-refractivity contribution >= 4 is 11.4 Å². The first kappa shape index (κ1) is 27.4. The van der Waals surface area contributed by atoms with Crippen LogP contribution >= 0.6 is 0 Å². The molecular weight excluding hydrogens is 545 g/mol. The third-order valence-corrected chi connectivity index (χ3v) is 4.17. The van der Waals surface area contributed by atoms with Crippen molar-refractivity contribution in [2.75, 3.05) is 36.8 Å². The van der Waals surface area contributed by atoms with Gasteiger partial charge in [-0.2, -0.15) is 0 Å². The van der Waals surface area contributed by atoms with E-state index >= 15 is 0 Å². The number of nitrogens with one attached hydrogen (secondary N) is 3. The van der Waals surface area contributed by atoms with E-state index < -0.39 is 0 Å². The summed E-state index contributed by atoms with van der Waals surface area (Å²) in [4.78, 5) is 0. The molecule has 2 rings (SSSR count). The van der Waals surface area contributed by atoms with Gasteiger partial charge < -0.3 is 40.8 Å². The van der Waals surface area contributed by atoms with Crippen LogP contribution in [0.15, 0.2) is 36.4 Å². The minimum atomic E-state index is 0. The Kier molecular flexibility index (Phi) is 15.1. The molecule has 0 aromatic heterocycles. The third kappa shape index (κ3) is 8.28. The Morgan fingerprint density at radius 2 is 0.885 bits per heavy atom. The van der Waals surface area contributed by atoms with Crippen LogP contribution in [0.3, 0.4) is 0 Å². The molecule has 0 aliphatic rings. The number of halogens is 2. The summed E-state index contributed by atoms with van der Waals surface area (Å²) in [5.74, 6) is 0. The van der Waals surface area contributed by atoms with Gasteiger partial charge in [-0.3, -0.25) is 0 Å². The summed E-state index contributed by atoms with van der Waals surface area (Å²) >= 11 is 0. The minimum Gasteiger partial charge on any atom is -1.00 e. The summed E-state index contributed by atoms with van der Waals surface area (Å²) in [7, 11) is 0. The van der Waals surface area contributed by atoms with Gasteiger partial charge in [-0.15, -0.1) is 0 Å². The Morgan fingerprint density at radius 3 is 1.19 bits per heavy atom. The second kappa shape index (κ2) is 14.3. The average molecular weight is 575 g/mol. The predicted octanol–water partition coefficient (Wildman–Crippen LogP) is -1.96. The summed E-state index contributed by atoms with van der Waals surface area (Å²) in [6.07, 6.45) is 0. The van der Waals surface area contributed by atoms with Gasteiger partial charge in [-0.05, 0) is 49.9 Å². The van der Waals surface area contributed by atoms with E-state index in [-0.39, 0.29) is 44.9 Å². The van der Waals surface area contributed by atoms with Crippen molar-refractivity contribution in [1.29, 1.82) is 0 Å². The molecule has 3 N–H and O–H groups in total. The number of anilines is 2. The fourth-order valence-electron chi connectivity index (χ4n) is 2.86. The monoisotopic (exact) mass is 574 g/mol. The Labute approximate surface area is 184 Å². The Morgan fingerprint density at radius 1 is 0.577 bits per heavy atom. The third-order valence-electron chi connectivity index (χ3n) is 4.17. The van der Waals surface area contributed by atoms with Crippen molar-refractivity contribution in [3.8, 4) is 0 Å². The predicted molar refractivity (Wildman–Crippen MR) is 102 cm³/mol. The average Bonchev–Trinajstić information content (AvgIpc) is 2.51. The van der Waals surface area contributed by atoms with Crippen LogP contribution in [0.2, 0.25) is 0 Å². The molecule has 0 amide bonds. The van der Waals surface area contributed by atoms with E-state index in [0.717, 1.165) is 26.2 Å². The van der Waals surface area contributed by atoms with Crippen molar-refractivity contribution in [2.24, 2.45) is 0 Å². The zero-order valence-electron chi connectivity index (χ0n) is 15.9. The van der Waals surface area contributed by atoms with Gasteiger partial charge in [0.1, 0.15) is 0 Å². The van der Waals surface area contributed by atoms with Gasteiger partial charge in [0.2, 0.25) is 0 Å². The second-order valence-electron chi connectivity index (χ2n) is 6.14. The molecule has 26 heavy (non-hydrogen) atoms. The van der Waals surface area contributed by atoms with Crippen LogP contribution in [0.4, 0.5) is 11.4 Å². The summed E-state index contributed by atoms with van der Waals surface area (Å²) in [6, 6.07) is 12.8. The minimum absolute atomic E-state index is 0. The molecule has 0 aliphatic carbocycles. The molecule has 0 saturated heterocycles. The molecule has 0 aliphatic heterocycles. The molecule has 6 heteroatoms. The van der Waals surface area contributed by atoms with E-state index in [4.69, 9.17) is 0 Å². The fraction of sp³-hybridized carbons (Fsp3) is 0.400. The van der Waals surface area contributed by atoms with Gasteiger partial charge in [0, 0.05) is 37.6 Å². The maximum Gasteiger partial charge on any atom is 2.00 e. The van der Waals surface area contributed by atoms with Gasteiger partial charge in [0.25, 0.3) is 0 Å². The van der Waals surface area contributed by atoms with Gasteiger partial charge in [0.05, 0.1) is 0 Å². The molecule has 2 aromatic rings. The second-order valence-corrected chi connectivity index (χ2v) is 6.14. The molecule has 0 bridgehead atoms. The van der Waals surface area contributed by atoms with E-state index in [0.29, 0.717) is 0 Å². The number of hydrogen-bond donors (Lipinski definition) is 3. The standard InChI is InChI=1S/C20H29N3.2ClH.Ir/c1-15-7-5-8-16(2)19(15)22-13-11-21-12-14-23-20-17(3)9-6-10-18(20)4;;;/h5-10,21-23H,11-14H2,1-4H3;2*1H;/q;;;+2/p-2.